The zero-order valence-electron chi connectivity index (χ0n) is 32.9. The minimum absolute atomic E-state index is 0.0216. The third-order valence-corrected chi connectivity index (χ3v) is 12.6. The minimum Gasteiger partial charge on any atom is -0.369 e. The molecule has 0 unspecified atom stereocenters. The highest BCUT2D eigenvalue weighted by molar-refractivity contribution is 5.99. The van der Waals surface area contributed by atoms with Gasteiger partial charge in [-0.25, -0.2) is 4.79 Å². The molecule has 284 valence electrons. The van der Waals surface area contributed by atoms with Crippen molar-refractivity contribution in [3.63, 3.8) is 0 Å². The van der Waals surface area contributed by atoms with Crippen molar-refractivity contribution in [2.24, 2.45) is 13.0 Å². The van der Waals surface area contributed by atoms with Crippen LogP contribution in [0.2, 0.25) is 0 Å². The summed E-state index contributed by atoms with van der Waals surface area (Å²) < 4.78 is 3.77. The van der Waals surface area contributed by atoms with Gasteiger partial charge in [0.15, 0.2) is 0 Å². The molecule has 0 radical (unpaired) electrons. The first-order valence-electron chi connectivity index (χ1n) is 19.9. The van der Waals surface area contributed by atoms with Crippen LogP contribution < -0.4 is 21.5 Å². The number of pyridine rings is 1. The summed E-state index contributed by atoms with van der Waals surface area (Å²) in [5, 5.41) is 3.09. The van der Waals surface area contributed by atoms with Gasteiger partial charge in [-0.05, 0) is 165 Å². The van der Waals surface area contributed by atoms with Crippen LogP contribution in [-0.2, 0) is 13.6 Å². The molecule has 0 spiro atoms. The molecular weight excluding hydrogens is 663 g/mol. The van der Waals surface area contributed by atoms with Crippen LogP contribution >= 0.6 is 0 Å². The number of hydrogen-bond acceptors (Lipinski definition) is 6. The van der Waals surface area contributed by atoms with Gasteiger partial charge in [0.2, 0.25) is 0 Å². The van der Waals surface area contributed by atoms with Gasteiger partial charge in [-0.3, -0.25) is 18.7 Å². The monoisotopic (exact) mass is 721 g/mol. The van der Waals surface area contributed by atoms with E-state index in [0.29, 0.717) is 23.2 Å². The number of nitrogens with zero attached hydrogens (tertiary/aromatic N) is 5. The van der Waals surface area contributed by atoms with E-state index in [4.69, 9.17) is 0 Å². The molecule has 1 saturated heterocycles. The van der Waals surface area contributed by atoms with E-state index in [0.717, 1.165) is 95.9 Å². The average Bonchev–Trinajstić information content (AvgIpc) is 3.92. The highest BCUT2D eigenvalue weighted by atomic mass is 16.2. The topological polar surface area (TPSA) is 98.6 Å². The largest absolute Gasteiger partial charge is 0.369 e. The Hall–Kier alpha value is -4.15. The molecule has 2 N–H and O–H groups in total. The van der Waals surface area contributed by atoms with E-state index in [9.17, 15) is 14.4 Å². The van der Waals surface area contributed by atoms with Crippen LogP contribution in [0.1, 0.15) is 97.1 Å². The quantitative estimate of drug-likeness (QED) is 0.189. The number of anilines is 1. The van der Waals surface area contributed by atoms with Crippen LogP contribution in [0.25, 0.3) is 22.2 Å². The summed E-state index contributed by atoms with van der Waals surface area (Å²) in [6, 6.07) is 13.7. The Balaban J connectivity index is 1.24. The number of aromatic amines is 1. The number of H-pyrrole nitrogens is 1. The highest BCUT2D eigenvalue weighted by Crippen LogP contribution is 2.38. The van der Waals surface area contributed by atoms with Gasteiger partial charge in [0, 0.05) is 67.3 Å². The van der Waals surface area contributed by atoms with Crippen LogP contribution in [0.4, 0.5) is 5.69 Å². The fraction of sp³-hybridized carbons (Fsp3) is 0.558. The van der Waals surface area contributed by atoms with Crippen molar-refractivity contribution in [1.29, 1.82) is 0 Å². The predicted octanol–water partition coefficient (Wildman–Crippen LogP) is 6.30. The molecule has 3 aliphatic rings. The standard InChI is InChI=1S/C43H59N7O3/c1-8-49(34-14-12-33(13-15-34)47(6)26-30-9-10-30)39-24-32(22-36(29(39)4)41(51)44-25-37-27(2)21-28(3)45-42(37)52)31-11-16-38-40(23-31)48(7)43(53)50(38)35-17-19-46(5)20-18-35/h11,16,21-24,30,33-35H,8-10,12-15,17-20,25-26H2,1-7H3,(H,44,51)(H,45,52). The van der Waals surface area contributed by atoms with E-state index in [1.165, 1.54) is 32.2 Å². The van der Waals surface area contributed by atoms with Gasteiger partial charge in [0.1, 0.15) is 0 Å². The Morgan fingerprint density at radius 3 is 2.23 bits per heavy atom. The number of aryl methyl sites for hydroxylation is 3. The van der Waals surface area contributed by atoms with Crippen LogP contribution in [0.3, 0.4) is 0 Å². The number of likely N-dealkylation sites (tertiary alicyclic amines) is 1. The van der Waals surface area contributed by atoms with E-state index < -0.39 is 0 Å². The summed E-state index contributed by atoms with van der Waals surface area (Å²) in [4.78, 5) is 51.0. The number of fused-ring (bicyclic) bond motifs is 1. The average molecular weight is 722 g/mol. The molecule has 3 heterocycles. The van der Waals surface area contributed by atoms with Crippen LogP contribution in [0.15, 0.2) is 46.0 Å². The normalized spacial score (nSPS) is 20.0. The number of benzene rings is 2. The lowest BCUT2D eigenvalue weighted by Crippen LogP contribution is -2.44. The number of piperidine rings is 1. The fourth-order valence-electron chi connectivity index (χ4n) is 9.21. The van der Waals surface area contributed by atoms with Gasteiger partial charge in [-0.2, -0.15) is 0 Å². The van der Waals surface area contributed by atoms with E-state index in [1.54, 1.807) is 4.57 Å². The lowest BCUT2D eigenvalue weighted by atomic mass is 9.88. The number of rotatable bonds is 11. The van der Waals surface area contributed by atoms with Gasteiger partial charge < -0.3 is 25.0 Å². The summed E-state index contributed by atoms with van der Waals surface area (Å²) in [6.07, 6.45) is 9.26. The number of aromatic nitrogens is 3. The van der Waals surface area contributed by atoms with Crippen molar-refractivity contribution < 1.29 is 4.79 Å². The van der Waals surface area contributed by atoms with Crippen molar-refractivity contribution in [2.75, 3.05) is 45.2 Å². The summed E-state index contributed by atoms with van der Waals surface area (Å²) in [5.74, 6) is 0.691. The molecule has 0 bridgehead atoms. The van der Waals surface area contributed by atoms with Crippen molar-refractivity contribution in [2.45, 2.75) is 104 Å². The maximum atomic E-state index is 14.2. The lowest BCUT2D eigenvalue weighted by Gasteiger charge is -2.41. The first kappa shape index (κ1) is 37.2. The Morgan fingerprint density at radius 2 is 1.57 bits per heavy atom. The van der Waals surface area contributed by atoms with Crippen LogP contribution in [0.5, 0.6) is 0 Å². The molecule has 3 fully saturated rings. The Labute approximate surface area is 314 Å². The van der Waals surface area contributed by atoms with Crippen molar-refractivity contribution in [1.82, 2.24) is 29.2 Å². The van der Waals surface area contributed by atoms with E-state index >= 15 is 0 Å². The Kier molecular flexibility index (Phi) is 10.7. The zero-order chi connectivity index (χ0) is 37.6. The van der Waals surface area contributed by atoms with Gasteiger partial charge >= 0.3 is 5.69 Å². The fourth-order valence-corrected chi connectivity index (χ4v) is 9.21. The van der Waals surface area contributed by atoms with Gasteiger partial charge in [0.25, 0.3) is 11.5 Å². The van der Waals surface area contributed by atoms with E-state index in [1.807, 2.05) is 37.6 Å². The summed E-state index contributed by atoms with van der Waals surface area (Å²) in [5.41, 5.74) is 8.47. The van der Waals surface area contributed by atoms with Crippen molar-refractivity contribution >= 4 is 22.6 Å². The molecule has 10 heteroatoms. The third kappa shape index (κ3) is 7.63. The Morgan fingerprint density at radius 1 is 0.868 bits per heavy atom. The first-order valence-corrected chi connectivity index (χ1v) is 19.9. The number of imidazole rings is 1. The molecule has 0 atom stereocenters. The first-order chi connectivity index (χ1) is 25.4. The number of carbonyl (C=O) groups excluding carboxylic acids is 1. The number of nitrogens with one attached hydrogen (secondary N) is 2. The zero-order valence-corrected chi connectivity index (χ0v) is 32.9. The molecule has 1 amide bonds. The van der Waals surface area contributed by atoms with Crippen LogP contribution in [0, 0.1) is 26.7 Å². The number of hydrogen-bond donors (Lipinski definition) is 2. The maximum absolute atomic E-state index is 14.2. The summed E-state index contributed by atoms with van der Waals surface area (Å²) in [7, 11) is 6.31. The smallest absolute Gasteiger partial charge is 0.329 e. The summed E-state index contributed by atoms with van der Waals surface area (Å²) >= 11 is 0. The minimum atomic E-state index is -0.201. The maximum Gasteiger partial charge on any atom is 0.329 e. The SMILES string of the molecule is CCN(c1cc(-c2ccc3c(c2)n(C)c(=O)n3C2CCN(C)CC2)cc(C(=O)NCc2c(C)cc(C)[nH]c2=O)c1C)C1CCC(N(C)CC2CC2)CC1. The number of amides is 1. The van der Waals surface area contributed by atoms with E-state index in [-0.39, 0.29) is 29.7 Å². The molecule has 7 rings (SSSR count). The third-order valence-electron chi connectivity index (χ3n) is 12.6. The second kappa shape index (κ2) is 15.3. The summed E-state index contributed by atoms with van der Waals surface area (Å²) in [6.45, 7) is 12.2. The second-order valence-corrected chi connectivity index (χ2v) is 16.4. The van der Waals surface area contributed by atoms with Crippen molar-refractivity contribution in [3.8, 4) is 11.1 Å². The molecule has 4 aromatic rings. The van der Waals surface area contributed by atoms with Gasteiger partial charge in [-0.15, -0.1) is 0 Å². The molecule has 2 aliphatic carbocycles. The van der Waals surface area contributed by atoms with Gasteiger partial charge in [-0.1, -0.05) is 6.07 Å². The predicted molar refractivity (Wildman–Crippen MR) is 215 cm³/mol. The molecule has 1 aliphatic heterocycles. The second-order valence-electron chi connectivity index (χ2n) is 16.4. The molecule has 2 saturated carbocycles. The number of carbonyl (C=O) groups is 1. The molecule has 10 nitrogen and oxygen atoms in total. The molecular formula is C43H59N7O3. The van der Waals surface area contributed by atoms with Crippen molar-refractivity contribution in [3.05, 3.63) is 85.2 Å². The molecule has 2 aromatic heterocycles. The van der Waals surface area contributed by atoms with Crippen LogP contribution in [-0.4, -0.2) is 82.2 Å². The molecule has 2 aromatic carbocycles. The lowest BCUT2D eigenvalue weighted by molar-refractivity contribution is 0.0950. The van der Waals surface area contributed by atoms with Gasteiger partial charge in [0.05, 0.1) is 11.0 Å². The Bertz CT molecular complexity index is 2090. The van der Waals surface area contributed by atoms with E-state index in [2.05, 4.69) is 77.2 Å². The molecule has 53 heavy (non-hydrogen) atoms. The highest BCUT2D eigenvalue weighted by Gasteiger charge is 2.32.